The zero-order valence-corrected chi connectivity index (χ0v) is 13.8. The average Bonchev–Trinajstić information content (AvgIpc) is 3.02. The number of ether oxygens (including phenoxy) is 1. The summed E-state index contributed by atoms with van der Waals surface area (Å²) in [5, 5.41) is 3.80. The highest BCUT2D eigenvalue weighted by molar-refractivity contribution is 7.25. The summed E-state index contributed by atoms with van der Waals surface area (Å²) < 4.78 is 7.22. The second-order valence-corrected chi connectivity index (χ2v) is 6.05. The number of methoxy groups -OCH3 is 1. The molecule has 0 aliphatic heterocycles. The van der Waals surface area contributed by atoms with Gasteiger partial charge in [0, 0.05) is 7.05 Å². The first kappa shape index (κ1) is 14.6. The minimum atomic E-state index is -0.129. The zero-order valence-electron chi connectivity index (χ0n) is 13.0. The first-order valence-corrected chi connectivity index (χ1v) is 8.01. The van der Waals surface area contributed by atoms with Gasteiger partial charge >= 0.3 is 0 Å². The van der Waals surface area contributed by atoms with Crippen LogP contribution in [0.1, 0.15) is 0 Å². The van der Waals surface area contributed by atoms with E-state index in [1.54, 1.807) is 14.2 Å². The van der Waals surface area contributed by atoms with Crippen LogP contribution in [0.4, 0.5) is 5.82 Å². The molecule has 0 amide bonds. The molecular weight excluding hydrogens is 326 g/mol. The first-order valence-electron chi connectivity index (χ1n) is 7.20. The summed E-state index contributed by atoms with van der Waals surface area (Å²) in [4.78, 5) is 26.6. The molecule has 0 aliphatic rings. The van der Waals surface area contributed by atoms with Crippen molar-refractivity contribution in [3.05, 3.63) is 47.3 Å². The standard InChI is InChI=1S/C16H13N5O2S/c1-17-14-11-12-13(24-15(11)19-7-18-14)16(22)21(8-20-12)9-3-5-10(23-2)6-4-9/h3-8H,1-2H3,(H,17,18,19). The Morgan fingerprint density at radius 2 is 1.96 bits per heavy atom. The molecule has 120 valence electrons. The summed E-state index contributed by atoms with van der Waals surface area (Å²) in [7, 11) is 3.39. The lowest BCUT2D eigenvalue weighted by Gasteiger charge is -2.06. The molecule has 0 saturated heterocycles. The molecular formula is C16H13N5O2S. The van der Waals surface area contributed by atoms with E-state index in [2.05, 4.69) is 20.3 Å². The molecule has 0 bridgehead atoms. The average molecular weight is 339 g/mol. The molecule has 3 heterocycles. The summed E-state index contributed by atoms with van der Waals surface area (Å²) in [5.41, 5.74) is 1.22. The van der Waals surface area contributed by atoms with Gasteiger partial charge < -0.3 is 10.1 Å². The number of rotatable bonds is 3. The summed E-state index contributed by atoms with van der Waals surface area (Å²) in [6.07, 6.45) is 3.01. The second-order valence-electron chi connectivity index (χ2n) is 5.05. The SMILES string of the molecule is CNc1ncnc2sc3c(=O)n(-c4ccc(OC)cc4)cnc3c12. The molecule has 0 spiro atoms. The summed E-state index contributed by atoms with van der Waals surface area (Å²) in [6.45, 7) is 0. The highest BCUT2D eigenvalue weighted by atomic mass is 32.1. The van der Waals surface area contributed by atoms with E-state index >= 15 is 0 Å². The van der Waals surface area contributed by atoms with E-state index in [0.717, 1.165) is 21.7 Å². The van der Waals surface area contributed by atoms with Crippen LogP contribution in [0, 0.1) is 0 Å². The molecule has 4 aromatic rings. The van der Waals surface area contributed by atoms with E-state index in [1.165, 1.54) is 28.6 Å². The number of anilines is 1. The number of fused-ring (bicyclic) bond motifs is 3. The number of nitrogens with one attached hydrogen (secondary N) is 1. The first-order chi connectivity index (χ1) is 11.7. The van der Waals surface area contributed by atoms with Crippen molar-refractivity contribution in [2.75, 3.05) is 19.5 Å². The van der Waals surface area contributed by atoms with Crippen LogP contribution in [0.2, 0.25) is 0 Å². The summed E-state index contributed by atoms with van der Waals surface area (Å²) in [5.74, 6) is 1.40. The van der Waals surface area contributed by atoms with Gasteiger partial charge in [-0.15, -0.1) is 11.3 Å². The molecule has 0 fully saturated rings. The van der Waals surface area contributed by atoms with Crippen LogP contribution in [-0.2, 0) is 0 Å². The molecule has 7 nitrogen and oxygen atoms in total. The fourth-order valence-corrected chi connectivity index (χ4v) is 3.61. The Kier molecular flexibility index (Phi) is 3.39. The Morgan fingerprint density at radius 3 is 2.67 bits per heavy atom. The number of thiophene rings is 1. The maximum absolute atomic E-state index is 12.9. The van der Waals surface area contributed by atoms with E-state index < -0.39 is 0 Å². The van der Waals surface area contributed by atoms with Crippen LogP contribution in [0.25, 0.3) is 26.1 Å². The number of aromatic nitrogens is 4. The van der Waals surface area contributed by atoms with E-state index in [0.29, 0.717) is 16.0 Å². The number of hydrogen-bond donors (Lipinski definition) is 1. The second kappa shape index (κ2) is 5.57. The predicted octanol–water partition coefficient (Wildman–Crippen LogP) is 2.44. The van der Waals surface area contributed by atoms with Crippen LogP contribution in [0.5, 0.6) is 5.75 Å². The van der Waals surface area contributed by atoms with E-state index in [-0.39, 0.29) is 5.56 Å². The van der Waals surface area contributed by atoms with Crippen LogP contribution in [0.3, 0.4) is 0 Å². The number of nitrogens with zero attached hydrogens (tertiary/aromatic N) is 4. The Morgan fingerprint density at radius 1 is 1.17 bits per heavy atom. The zero-order chi connectivity index (χ0) is 16.7. The van der Waals surface area contributed by atoms with Gasteiger partial charge in [-0.3, -0.25) is 9.36 Å². The van der Waals surface area contributed by atoms with Crippen molar-refractivity contribution < 1.29 is 4.74 Å². The van der Waals surface area contributed by atoms with Gasteiger partial charge in [-0.1, -0.05) is 0 Å². The van der Waals surface area contributed by atoms with Crippen molar-refractivity contribution in [2.24, 2.45) is 0 Å². The maximum Gasteiger partial charge on any atom is 0.275 e. The highest BCUT2D eigenvalue weighted by Gasteiger charge is 2.16. The van der Waals surface area contributed by atoms with Crippen LogP contribution < -0.4 is 15.6 Å². The molecule has 0 unspecified atom stereocenters. The molecule has 3 aromatic heterocycles. The Bertz CT molecular complexity index is 1100. The normalized spacial score (nSPS) is 11.1. The monoisotopic (exact) mass is 339 g/mol. The lowest BCUT2D eigenvalue weighted by Crippen LogP contribution is -2.17. The molecule has 4 rings (SSSR count). The van der Waals surface area contributed by atoms with Crippen LogP contribution in [0.15, 0.2) is 41.7 Å². The lowest BCUT2D eigenvalue weighted by atomic mass is 10.3. The molecule has 1 N–H and O–H groups in total. The quantitative estimate of drug-likeness (QED) is 0.617. The Hall–Kier alpha value is -3.00. The van der Waals surface area contributed by atoms with Gasteiger partial charge in [0.2, 0.25) is 0 Å². The number of hydrogen-bond acceptors (Lipinski definition) is 7. The van der Waals surface area contributed by atoms with Crippen molar-refractivity contribution in [3.63, 3.8) is 0 Å². The van der Waals surface area contributed by atoms with Crippen molar-refractivity contribution >= 4 is 37.6 Å². The molecule has 0 radical (unpaired) electrons. The molecule has 8 heteroatoms. The molecule has 0 aliphatic carbocycles. The fraction of sp³-hybridized carbons (Fsp3) is 0.125. The topological polar surface area (TPSA) is 81.9 Å². The molecule has 24 heavy (non-hydrogen) atoms. The third-order valence-electron chi connectivity index (χ3n) is 3.77. The van der Waals surface area contributed by atoms with Crippen molar-refractivity contribution in [1.82, 2.24) is 19.5 Å². The van der Waals surface area contributed by atoms with E-state index in [1.807, 2.05) is 24.3 Å². The number of benzene rings is 1. The van der Waals surface area contributed by atoms with Crippen LogP contribution >= 0.6 is 11.3 Å². The third kappa shape index (κ3) is 2.11. The van der Waals surface area contributed by atoms with E-state index in [9.17, 15) is 4.79 Å². The molecule has 0 saturated carbocycles. The largest absolute Gasteiger partial charge is 0.497 e. The van der Waals surface area contributed by atoms with Gasteiger partial charge in [0.25, 0.3) is 5.56 Å². The summed E-state index contributed by atoms with van der Waals surface area (Å²) >= 11 is 1.32. The van der Waals surface area contributed by atoms with Gasteiger partial charge in [-0.25, -0.2) is 15.0 Å². The Balaban J connectivity index is 1.98. The van der Waals surface area contributed by atoms with Crippen molar-refractivity contribution in [2.45, 2.75) is 0 Å². The molecule has 0 atom stereocenters. The van der Waals surface area contributed by atoms with E-state index in [4.69, 9.17) is 4.74 Å². The minimum absolute atomic E-state index is 0.129. The van der Waals surface area contributed by atoms with Gasteiger partial charge in [0.05, 0.1) is 18.2 Å². The van der Waals surface area contributed by atoms with Crippen molar-refractivity contribution in [1.29, 1.82) is 0 Å². The maximum atomic E-state index is 12.9. The Labute approximate surface area is 140 Å². The van der Waals surface area contributed by atoms with Gasteiger partial charge in [-0.2, -0.15) is 0 Å². The van der Waals surface area contributed by atoms with Crippen LogP contribution in [-0.4, -0.2) is 33.7 Å². The van der Waals surface area contributed by atoms with Gasteiger partial charge in [-0.05, 0) is 24.3 Å². The van der Waals surface area contributed by atoms with Gasteiger partial charge in [0.15, 0.2) is 0 Å². The third-order valence-corrected chi connectivity index (χ3v) is 4.84. The lowest BCUT2D eigenvalue weighted by molar-refractivity contribution is 0.414. The summed E-state index contributed by atoms with van der Waals surface area (Å²) in [6, 6.07) is 7.25. The van der Waals surface area contributed by atoms with Crippen molar-refractivity contribution in [3.8, 4) is 11.4 Å². The molecule has 1 aromatic carbocycles. The van der Waals surface area contributed by atoms with Gasteiger partial charge in [0.1, 0.15) is 39.3 Å². The fourth-order valence-electron chi connectivity index (χ4n) is 2.58. The minimum Gasteiger partial charge on any atom is -0.497 e. The highest BCUT2D eigenvalue weighted by Crippen LogP contribution is 2.32. The predicted molar refractivity (Wildman–Crippen MR) is 94.4 cm³/mol. The smallest absolute Gasteiger partial charge is 0.275 e.